The quantitative estimate of drug-likeness (QED) is 0.867. The Hall–Kier alpha value is -1.51. The van der Waals surface area contributed by atoms with Gasteiger partial charge in [0.25, 0.3) is 0 Å². The number of nitrogens with zero attached hydrogens (tertiary/aromatic N) is 1. The van der Waals surface area contributed by atoms with E-state index < -0.39 is 5.97 Å². The van der Waals surface area contributed by atoms with Crippen molar-refractivity contribution in [3.63, 3.8) is 0 Å². The number of aromatic carboxylic acids is 1. The third-order valence-electron chi connectivity index (χ3n) is 3.90. The van der Waals surface area contributed by atoms with Crippen molar-refractivity contribution in [2.24, 2.45) is 5.92 Å². The van der Waals surface area contributed by atoms with Crippen molar-refractivity contribution in [2.45, 2.75) is 32.1 Å². The molecule has 98 valence electrons. The van der Waals surface area contributed by atoms with Crippen LogP contribution in [0.1, 0.15) is 42.5 Å². The van der Waals surface area contributed by atoms with Gasteiger partial charge >= 0.3 is 5.97 Å². The summed E-state index contributed by atoms with van der Waals surface area (Å²) in [5.74, 6) is 0.0286. The smallest absolute Gasteiger partial charge is 0.335 e. The summed E-state index contributed by atoms with van der Waals surface area (Å²) in [5, 5.41) is 8.85. The van der Waals surface area contributed by atoms with Gasteiger partial charge in [-0.2, -0.15) is 0 Å². The van der Waals surface area contributed by atoms with Crippen LogP contribution in [0, 0.1) is 5.92 Å². The van der Waals surface area contributed by atoms with Crippen LogP contribution in [-0.2, 0) is 0 Å². The van der Waals surface area contributed by atoms with E-state index in [4.69, 9.17) is 5.11 Å². The number of benzene rings is 1. The van der Waals surface area contributed by atoms with Crippen LogP contribution in [0.15, 0.2) is 24.3 Å². The summed E-state index contributed by atoms with van der Waals surface area (Å²) < 4.78 is 0. The first-order valence-electron chi connectivity index (χ1n) is 6.71. The summed E-state index contributed by atoms with van der Waals surface area (Å²) in [4.78, 5) is 13.0. The summed E-state index contributed by atoms with van der Waals surface area (Å²) in [5.41, 5.74) is 1.45. The lowest BCUT2D eigenvalue weighted by Gasteiger charge is -2.21. The maximum Gasteiger partial charge on any atom is 0.335 e. The first kappa shape index (κ1) is 12.9. The van der Waals surface area contributed by atoms with Crippen molar-refractivity contribution < 1.29 is 9.90 Å². The largest absolute Gasteiger partial charge is 0.478 e. The van der Waals surface area contributed by atoms with Crippen molar-refractivity contribution in [1.29, 1.82) is 0 Å². The molecule has 0 saturated heterocycles. The molecular formula is C15H21NO2. The van der Waals surface area contributed by atoms with Gasteiger partial charge in [0, 0.05) is 19.3 Å². The Bertz CT molecular complexity index is 393. The summed E-state index contributed by atoms with van der Waals surface area (Å²) in [7, 11) is 2.07. The molecule has 1 N–H and O–H groups in total. The number of carboxylic acids is 1. The second kappa shape index (κ2) is 5.89. The molecule has 18 heavy (non-hydrogen) atoms. The normalized spacial score (nSPS) is 15.8. The number of hydrogen-bond donors (Lipinski definition) is 1. The van der Waals surface area contributed by atoms with E-state index in [9.17, 15) is 4.79 Å². The molecule has 1 saturated carbocycles. The number of anilines is 1. The fraction of sp³-hybridized carbons (Fsp3) is 0.533. The lowest BCUT2D eigenvalue weighted by Crippen LogP contribution is -2.20. The third-order valence-corrected chi connectivity index (χ3v) is 3.90. The van der Waals surface area contributed by atoms with Crippen LogP contribution in [0.25, 0.3) is 0 Å². The van der Waals surface area contributed by atoms with Crippen molar-refractivity contribution in [1.82, 2.24) is 0 Å². The highest BCUT2D eigenvalue weighted by Crippen LogP contribution is 2.28. The first-order valence-corrected chi connectivity index (χ1v) is 6.71. The van der Waals surface area contributed by atoms with Gasteiger partial charge in [-0.3, -0.25) is 0 Å². The van der Waals surface area contributed by atoms with Gasteiger partial charge in [0.05, 0.1) is 5.56 Å². The molecule has 1 aromatic carbocycles. The van der Waals surface area contributed by atoms with Gasteiger partial charge in [-0.05, 0) is 36.6 Å². The van der Waals surface area contributed by atoms with E-state index in [2.05, 4.69) is 11.9 Å². The van der Waals surface area contributed by atoms with Crippen LogP contribution in [0.5, 0.6) is 0 Å². The van der Waals surface area contributed by atoms with Gasteiger partial charge in [-0.25, -0.2) is 4.79 Å². The Kier molecular flexibility index (Phi) is 4.24. The predicted molar refractivity (Wildman–Crippen MR) is 73.2 cm³/mol. The second-order valence-electron chi connectivity index (χ2n) is 5.21. The SMILES string of the molecule is CN(CCC1CCCC1)c1ccc(C(=O)O)cc1. The highest BCUT2D eigenvalue weighted by atomic mass is 16.4. The fourth-order valence-corrected chi connectivity index (χ4v) is 2.66. The monoisotopic (exact) mass is 247 g/mol. The highest BCUT2D eigenvalue weighted by Gasteiger charge is 2.15. The maximum atomic E-state index is 10.8. The lowest BCUT2D eigenvalue weighted by atomic mass is 10.0. The molecule has 3 heteroatoms. The molecule has 3 nitrogen and oxygen atoms in total. The van der Waals surface area contributed by atoms with E-state index in [-0.39, 0.29) is 0 Å². The van der Waals surface area contributed by atoms with Crippen LogP contribution in [0.2, 0.25) is 0 Å². The molecule has 1 aliphatic rings. The van der Waals surface area contributed by atoms with Gasteiger partial charge in [0.2, 0.25) is 0 Å². The summed E-state index contributed by atoms with van der Waals surface area (Å²) >= 11 is 0. The third kappa shape index (κ3) is 3.25. The Balaban J connectivity index is 1.87. The Labute approximate surface area is 108 Å². The average molecular weight is 247 g/mol. The summed E-state index contributed by atoms with van der Waals surface area (Å²) in [6, 6.07) is 7.11. The molecule has 0 aromatic heterocycles. The van der Waals surface area contributed by atoms with Crippen LogP contribution in [0.4, 0.5) is 5.69 Å². The zero-order valence-electron chi connectivity index (χ0n) is 10.9. The minimum absolute atomic E-state index is 0.350. The number of hydrogen-bond acceptors (Lipinski definition) is 2. The Morgan fingerprint density at radius 3 is 2.44 bits per heavy atom. The van der Waals surface area contributed by atoms with Gasteiger partial charge in [0.15, 0.2) is 0 Å². The molecular weight excluding hydrogens is 226 g/mol. The zero-order valence-corrected chi connectivity index (χ0v) is 10.9. The molecule has 0 atom stereocenters. The van der Waals surface area contributed by atoms with Crippen LogP contribution in [0.3, 0.4) is 0 Å². The molecule has 0 unspecified atom stereocenters. The van der Waals surface area contributed by atoms with E-state index in [0.29, 0.717) is 5.56 Å². The fourth-order valence-electron chi connectivity index (χ4n) is 2.66. The maximum absolute atomic E-state index is 10.8. The number of carboxylic acid groups (broad SMARTS) is 1. The summed E-state index contributed by atoms with van der Waals surface area (Å²) in [6.07, 6.45) is 6.79. The minimum Gasteiger partial charge on any atom is -0.478 e. The molecule has 2 rings (SSSR count). The highest BCUT2D eigenvalue weighted by molar-refractivity contribution is 5.88. The molecule has 1 aliphatic carbocycles. The standard InChI is InChI=1S/C15H21NO2/c1-16(11-10-12-4-2-3-5-12)14-8-6-13(7-9-14)15(17)18/h6-9,12H,2-5,10-11H2,1H3,(H,17,18). The van der Waals surface area contributed by atoms with E-state index in [1.807, 2.05) is 12.1 Å². The molecule has 1 fully saturated rings. The minimum atomic E-state index is -0.866. The van der Waals surface area contributed by atoms with Crippen molar-refractivity contribution in [3.8, 4) is 0 Å². The van der Waals surface area contributed by atoms with E-state index >= 15 is 0 Å². The van der Waals surface area contributed by atoms with Gasteiger partial charge < -0.3 is 10.0 Å². The van der Waals surface area contributed by atoms with Gasteiger partial charge in [-0.1, -0.05) is 25.7 Å². The lowest BCUT2D eigenvalue weighted by molar-refractivity contribution is 0.0697. The Morgan fingerprint density at radius 1 is 1.28 bits per heavy atom. The zero-order chi connectivity index (χ0) is 13.0. The molecule has 0 amide bonds. The average Bonchev–Trinajstić information content (AvgIpc) is 2.89. The van der Waals surface area contributed by atoms with Crippen molar-refractivity contribution in [3.05, 3.63) is 29.8 Å². The number of rotatable bonds is 5. The second-order valence-corrected chi connectivity index (χ2v) is 5.21. The van der Waals surface area contributed by atoms with Crippen LogP contribution in [-0.4, -0.2) is 24.7 Å². The predicted octanol–water partition coefficient (Wildman–Crippen LogP) is 3.40. The van der Waals surface area contributed by atoms with E-state index in [1.165, 1.54) is 32.1 Å². The molecule has 0 heterocycles. The summed E-state index contributed by atoms with van der Waals surface area (Å²) in [6.45, 7) is 1.05. The first-order chi connectivity index (χ1) is 8.66. The van der Waals surface area contributed by atoms with Crippen molar-refractivity contribution >= 4 is 11.7 Å². The van der Waals surface area contributed by atoms with Crippen LogP contribution >= 0.6 is 0 Å². The molecule has 0 bridgehead atoms. The number of carbonyl (C=O) groups is 1. The van der Waals surface area contributed by atoms with Crippen LogP contribution < -0.4 is 4.90 Å². The molecule has 0 aliphatic heterocycles. The topological polar surface area (TPSA) is 40.5 Å². The molecule has 0 radical (unpaired) electrons. The van der Waals surface area contributed by atoms with E-state index in [1.54, 1.807) is 12.1 Å². The Morgan fingerprint density at radius 2 is 1.89 bits per heavy atom. The van der Waals surface area contributed by atoms with E-state index in [0.717, 1.165) is 18.2 Å². The molecule has 0 spiro atoms. The van der Waals surface area contributed by atoms with Gasteiger partial charge in [-0.15, -0.1) is 0 Å². The van der Waals surface area contributed by atoms with Crippen molar-refractivity contribution in [2.75, 3.05) is 18.5 Å². The molecule has 1 aromatic rings. The van der Waals surface area contributed by atoms with Gasteiger partial charge in [0.1, 0.15) is 0 Å².